The third-order valence-electron chi connectivity index (χ3n) is 3.98. The summed E-state index contributed by atoms with van der Waals surface area (Å²) in [5, 5.41) is 13.8. The topological polar surface area (TPSA) is 44.7 Å². The maximum atomic E-state index is 10.5. The molecule has 0 bridgehead atoms. The lowest BCUT2D eigenvalue weighted by Gasteiger charge is -2.29. The molecule has 0 aliphatic carbocycles. The van der Waals surface area contributed by atoms with Crippen LogP contribution in [0, 0.1) is 0 Å². The monoisotopic (exact) mass is 292 g/mol. The standard InChI is InChI=1S/C17H28N2O2/c1-4-21-17-6-5-14(11-15(17)13(2)3)16(20)12-19-9-7-18-8-10-19/h5-6,11,13,16,18,20H,4,7-10,12H2,1-3H3. The number of β-amino-alcohol motifs (C(OH)–C–C–N with tert-alkyl or cyclic N) is 1. The molecule has 1 aliphatic heterocycles. The summed E-state index contributed by atoms with van der Waals surface area (Å²) in [4.78, 5) is 2.31. The molecule has 2 N–H and O–H groups in total. The number of piperazine rings is 1. The van der Waals surface area contributed by atoms with Gasteiger partial charge in [-0.25, -0.2) is 0 Å². The second kappa shape index (κ2) is 7.78. The van der Waals surface area contributed by atoms with Crippen molar-refractivity contribution in [3.8, 4) is 5.75 Å². The van der Waals surface area contributed by atoms with Crippen LogP contribution in [0.5, 0.6) is 5.75 Å². The van der Waals surface area contributed by atoms with Crippen molar-refractivity contribution < 1.29 is 9.84 Å². The van der Waals surface area contributed by atoms with Crippen molar-refractivity contribution in [2.75, 3.05) is 39.3 Å². The van der Waals surface area contributed by atoms with E-state index in [0.717, 1.165) is 37.5 Å². The number of aliphatic hydroxyl groups excluding tert-OH is 1. The zero-order chi connectivity index (χ0) is 15.2. The molecule has 0 saturated carbocycles. The minimum atomic E-state index is -0.434. The predicted octanol–water partition coefficient (Wildman–Crippen LogP) is 2.15. The molecule has 0 radical (unpaired) electrons. The molecule has 1 fully saturated rings. The zero-order valence-electron chi connectivity index (χ0n) is 13.4. The Hall–Kier alpha value is -1.10. The van der Waals surface area contributed by atoms with E-state index < -0.39 is 6.10 Å². The van der Waals surface area contributed by atoms with E-state index >= 15 is 0 Å². The molecule has 0 amide bonds. The first-order valence-electron chi connectivity index (χ1n) is 7.99. The Kier molecular flexibility index (Phi) is 6.03. The Morgan fingerprint density at radius 1 is 1.29 bits per heavy atom. The molecule has 1 aromatic rings. The van der Waals surface area contributed by atoms with Crippen molar-refractivity contribution in [2.45, 2.75) is 32.8 Å². The van der Waals surface area contributed by atoms with Gasteiger partial charge < -0.3 is 15.2 Å². The van der Waals surface area contributed by atoms with Gasteiger partial charge in [-0.1, -0.05) is 19.9 Å². The van der Waals surface area contributed by atoms with Crippen molar-refractivity contribution in [1.29, 1.82) is 0 Å². The molecule has 21 heavy (non-hydrogen) atoms. The molecule has 0 spiro atoms. The van der Waals surface area contributed by atoms with Gasteiger partial charge in [0.25, 0.3) is 0 Å². The Morgan fingerprint density at radius 3 is 2.62 bits per heavy atom. The van der Waals surface area contributed by atoms with Crippen LogP contribution in [0.3, 0.4) is 0 Å². The molecule has 1 unspecified atom stereocenters. The minimum Gasteiger partial charge on any atom is -0.494 e. The average molecular weight is 292 g/mol. The summed E-state index contributed by atoms with van der Waals surface area (Å²) in [5.41, 5.74) is 2.16. The van der Waals surface area contributed by atoms with Crippen LogP contribution in [0.15, 0.2) is 18.2 Å². The first-order chi connectivity index (χ1) is 10.1. The molecule has 4 nitrogen and oxygen atoms in total. The lowest BCUT2D eigenvalue weighted by atomic mass is 9.97. The van der Waals surface area contributed by atoms with Crippen LogP contribution < -0.4 is 10.1 Å². The van der Waals surface area contributed by atoms with E-state index in [1.54, 1.807) is 0 Å². The quantitative estimate of drug-likeness (QED) is 0.843. The lowest BCUT2D eigenvalue weighted by Crippen LogP contribution is -2.44. The molecule has 1 atom stereocenters. The molecule has 1 saturated heterocycles. The molecular formula is C17H28N2O2. The van der Waals surface area contributed by atoms with Crippen LogP contribution >= 0.6 is 0 Å². The highest BCUT2D eigenvalue weighted by Gasteiger charge is 2.17. The molecule has 2 rings (SSSR count). The summed E-state index contributed by atoms with van der Waals surface area (Å²) < 4.78 is 5.68. The maximum Gasteiger partial charge on any atom is 0.122 e. The summed E-state index contributed by atoms with van der Waals surface area (Å²) >= 11 is 0. The number of ether oxygens (including phenoxy) is 1. The predicted molar refractivity (Wildman–Crippen MR) is 86.0 cm³/mol. The average Bonchev–Trinajstić information content (AvgIpc) is 2.48. The van der Waals surface area contributed by atoms with Gasteiger partial charge in [-0.2, -0.15) is 0 Å². The summed E-state index contributed by atoms with van der Waals surface area (Å²) in [5.74, 6) is 1.32. The van der Waals surface area contributed by atoms with Crippen molar-refractivity contribution in [3.05, 3.63) is 29.3 Å². The Morgan fingerprint density at radius 2 is 2.00 bits per heavy atom. The number of rotatable bonds is 6. The van der Waals surface area contributed by atoms with Gasteiger partial charge in [0.15, 0.2) is 0 Å². The maximum absolute atomic E-state index is 10.5. The fraction of sp³-hybridized carbons (Fsp3) is 0.647. The minimum absolute atomic E-state index is 0.387. The van der Waals surface area contributed by atoms with Crippen LogP contribution in [-0.2, 0) is 0 Å². The Bertz CT molecular complexity index is 442. The second-order valence-corrected chi connectivity index (χ2v) is 5.95. The summed E-state index contributed by atoms with van der Waals surface area (Å²) in [7, 11) is 0. The van der Waals surface area contributed by atoms with Crippen LogP contribution in [0.2, 0.25) is 0 Å². The number of benzene rings is 1. The third-order valence-corrected chi connectivity index (χ3v) is 3.98. The molecule has 4 heteroatoms. The fourth-order valence-corrected chi connectivity index (χ4v) is 2.76. The summed E-state index contributed by atoms with van der Waals surface area (Å²) in [6.45, 7) is 11.7. The molecule has 1 heterocycles. The SMILES string of the molecule is CCOc1ccc(C(O)CN2CCNCC2)cc1C(C)C. The molecule has 1 aliphatic rings. The van der Waals surface area contributed by atoms with Crippen molar-refractivity contribution in [2.24, 2.45) is 0 Å². The number of nitrogens with one attached hydrogen (secondary N) is 1. The van der Waals surface area contributed by atoms with E-state index in [9.17, 15) is 5.11 Å². The fourth-order valence-electron chi connectivity index (χ4n) is 2.76. The molecular weight excluding hydrogens is 264 g/mol. The number of nitrogens with zero attached hydrogens (tertiary/aromatic N) is 1. The molecule has 1 aromatic carbocycles. The number of hydrogen-bond acceptors (Lipinski definition) is 4. The normalized spacial score (nSPS) is 18.0. The van der Waals surface area contributed by atoms with Crippen molar-refractivity contribution in [3.63, 3.8) is 0 Å². The second-order valence-electron chi connectivity index (χ2n) is 5.95. The van der Waals surface area contributed by atoms with E-state index in [0.29, 0.717) is 19.1 Å². The van der Waals surface area contributed by atoms with E-state index in [1.807, 2.05) is 19.1 Å². The largest absolute Gasteiger partial charge is 0.494 e. The highest BCUT2D eigenvalue weighted by Crippen LogP contribution is 2.30. The van der Waals surface area contributed by atoms with Gasteiger partial charge in [-0.3, -0.25) is 4.90 Å². The van der Waals surface area contributed by atoms with Crippen molar-refractivity contribution >= 4 is 0 Å². The van der Waals surface area contributed by atoms with Crippen LogP contribution in [0.1, 0.15) is 43.9 Å². The van der Waals surface area contributed by atoms with Gasteiger partial charge in [0.1, 0.15) is 5.75 Å². The van der Waals surface area contributed by atoms with Gasteiger partial charge in [-0.15, -0.1) is 0 Å². The first kappa shape index (κ1) is 16.3. The van der Waals surface area contributed by atoms with E-state index in [4.69, 9.17) is 4.74 Å². The number of hydrogen-bond donors (Lipinski definition) is 2. The molecule has 0 aromatic heterocycles. The van der Waals surface area contributed by atoms with E-state index in [-0.39, 0.29) is 0 Å². The Labute approximate surface area is 128 Å². The van der Waals surface area contributed by atoms with E-state index in [2.05, 4.69) is 30.1 Å². The van der Waals surface area contributed by atoms with Gasteiger partial charge >= 0.3 is 0 Å². The Balaban J connectivity index is 2.09. The van der Waals surface area contributed by atoms with Gasteiger partial charge in [0.05, 0.1) is 12.7 Å². The summed E-state index contributed by atoms with van der Waals surface area (Å²) in [6, 6.07) is 6.08. The van der Waals surface area contributed by atoms with Crippen molar-refractivity contribution in [1.82, 2.24) is 10.2 Å². The first-order valence-corrected chi connectivity index (χ1v) is 7.99. The van der Waals surface area contributed by atoms with Gasteiger partial charge in [-0.05, 0) is 36.1 Å². The van der Waals surface area contributed by atoms with Gasteiger partial charge in [0.2, 0.25) is 0 Å². The zero-order valence-corrected chi connectivity index (χ0v) is 13.4. The lowest BCUT2D eigenvalue weighted by molar-refractivity contribution is 0.105. The van der Waals surface area contributed by atoms with Crippen LogP contribution in [-0.4, -0.2) is 49.3 Å². The highest BCUT2D eigenvalue weighted by molar-refractivity contribution is 5.40. The summed E-state index contributed by atoms with van der Waals surface area (Å²) in [6.07, 6.45) is -0.434. The smallest absolute Gasteiger partial charge is 0.122 e. The third kappa shape index (κ3) is 4.43. The van der Waals surface area contributed by atoms with Gasteiger partial charge in [0, 0.05) is 32.7 Å². The van der Waals surface area contributed by atoms with Crippen LogP contribution in [0.4, 0.5) is 0 Å². The number of aliphatic hydroxyl groups is 1. The highest BCUT2D eigenvalue weighted by atomic mass is 16.5. The van der Waals surface area contributed by atoms with Crippen LogP contribution in [0.25, 0.3) is 0 Å². The van der Waals surface area contributed by atoms with E-state index in [1.165, 1.54) is 5.56 Å². The molecule has 118 valence electrons.